The molecule has 1 N–H and O–H groups in total. The lowest BCUT2D eigenvalue weighted by molar-refractivity contribution is 0.0938. The van der Waals surface area contributed by atoms with Gasteiger partial charge in [-0.2, -0.15) is 4.98 Å². The molecule has 0 amide bonds. The summed E-state index contributed by atoms with van der Waals surface area (Å²) >= 11 is 0. The summed E-state index contributed by atoms with van der Waals surface area (Å²) < 4.78 is 5.76. The quantitative estimate of drug-likeness (QED) is 0.254. The molecule has 0 unspecified atom stereocenters. The van der Waals surface area contributed by atoms with Crippen molar-refractivity contribution in [3.63, 3.8) is 0 Å². The number of benzene rings is 2. The summed E-state index contributed by atoms with van der Waals surface area (Å²) in [7, 11) is 1.98. The normalized spacial score (nSPS) is 12.7. The van der Waals surface area contributed by atoms with Gasteiger partial charge in [0.25, 0.3) is 5.56 Å². The van der Waals surface area contributed by atoms with E-state index in [-0.39, 0.29) is 23.3 Å². The first-order valence-corrected chi connectivity index (χ1v) is 13.3. The fourth-order valence-corrected chi connectivity index (χ4v) is 4.17. The summed E-state index contributed by atoms with van der Waals surface area (Å²) in [6, 6.07) is 15.2. The van der Waals surface area contributed by atoms with Crippen LogP contribution >= 0.6 is 0 Å². The Hall–Kier alpha value is -4.00. The number of hydrogen-bond acceptors (Lipinski definition) is 6. The van der Waals surface area contributed by atoms with E-state index in [4.69, 9.17) is 4.74 Å². The fourth-order valence-electron chi connectivity index (χ4n) is 4.17. The largest absolute Gasteiger partial charge is 0.426 e. The van der Waals surface area contributed by atoms with Gasteiger partial charge in [-0.25, -0.2) is 0 Å². The lowest BCUT2D eigenvalue weighted by atomic mass is 9.94. The van der Waals surface area contributed by atoms with Gasteiger partial charge in [0.2, 0.25) is 0 Å². The van der Waals surface area contributed by atoms with Crippen molar-refractivity contribution in [2.24, 2.45) is 11.8 Å². The standard InChI is InChI=1S/C26H26N4O3.C5H10/c1-5-17-14-19(8-11-21(17)24(31)16(2)3)30(4)18-6-9-20(10-7-18)33-26-28-23-15-27-13-12-22(23)25(32)29-26;1-2-5-3-4-5/h6-16H,5H2,1-4H3,(H,28,29,32);5H,2-4H2,1H3. The van der Waals surface area contributed by atoms with Crippen LogP contribution in [0.15, 0.2) is 65.7 Å². The van der Waals surface area contributed by atoms with Crippen LogP contribution in [0.3, 0.4) is 0 Å². The summed E-state index contributed by atoms with van der Waals surface area (Å²) in [5.74, 6) is 1.81. The number of rotatable bonds is 8. The Bertz CT molecular complexity index is 1460. The molecule has 1 fully saturated rings. The number of Topliss-reactive ketones (excluding diaryl/α,β-unsaturated/α-hetero) is 1. The molecule has 5 rings (SSSR count). The topological polar surface area (TPSA) is 88.2 Å². The summed E-state index contributed by atoms with van der Waals surface area (Å²) in [5, 5.41) is 0.460. The van der Waals surface area contributed by atoms with E-state index in [1.54, 1.807) is 12.3 Å². The number of hydrogen-bond donors (Lipinski definition) is 1. The molecule has 0 aliphatic heterocycles. The van der Waals surface area contributed by atoms with E-state index in [0.717, 1.165) is 34.8 Å². The average molecular weight is 513 g/mol. The molecule has 2 heterocycles. The molecule has 7 nitrogen and oxygen atoms in total. The van der Waals surface area contributed by atoms with Crippen molar-refractivity contribution in [2.75, 3.05) is 11.9 Å². The fraction of sp³-hybridized carbons (Fsp3) is 0.355. The number of carbonyl (C=O) groups excluding carboxylic acids is 1. The highest BCUT2D eigenvalue weighted by Crippen LogP contribution is 2.31. The molecule has 4 aromatic rings. The number of ether oxygens (including phenoxy) is 1. The van der Waals surface area contributed by atoms with Crippen molar-refractivity contribution in [2.45, 2.75) is 53.4 Å². The number of aromatic amines is 1. The van der Waals surface area contributed by atoms with E-state index < -0.39 is 0 Å². The van der Waals surface area contributed by atoms with Gasteiger partial charge in [-0.1, -0.05) is 47.0 Å². The van der Waals surface area contributed by atoms with Crippen LogP contribution in [0.25, 0.3) is 10.9 Å². The minimum atomic E-state index is -0.278. The summed E-state index contributed by atoms with van der Waals surface area (Å²) in [4.78, 5) is 37.7. The van der Waals surface area contributed by atoms with Gasteiger partial charge in [0, 0.05) is 36.1 Å². The highest BCUT2D eigenvalue weighted by Gasteiger charge is 2.17. The number of nitrogens with one attached hydrogen (secondary N) is 1. The monoisotopic (exact) mass is 512 g/mol. The maximum absolute atomic E-state index is 12.5. The number of anilines is 2. The molecule has 2 aromatic heterocycles. The number of H-pyrrole nitrogens is 1. The van der Waals surface area contributed by atoms with Crippen LogP contribution in [0.5, 0.6) is 11.8 Å². The first-order valence-electron chi connectivity index (χ1n) is 13.3. The Morgan fingerprint density at radius 3 is 2.39 bits per heavy atom. The van der Waals surface area contributed by atoms with E-state index in [0.29, 0.717) is 16.7 Å². The minimum absolute atomic E-state index is 0.0327. The molecule has 38 heavy (non-hydrogen) atoms. The zero-order chi connectivity index (χ0) is 27.2. The van der Waals surface area contributed by atoms with Crippen LogP contribution in [0.4, 0.5) is 11.4 Å². The lowest BCUT2D eigenvalue weighted by Gasteiger charge is -2.22. The van der Waals surface area contributed by atoms with E-state index in [1.165, 1.54) is 25.5 Å². The van der Waals surface area contributed by atoms with E-state index >= 15 is 0 Å². The molecule has 198 valence electrons. The molecule has 1 aliphatic carbocycles. The predicted octanol–water partition coefficient (Wildman–Crippen LogP) is 7.09. The van der Waals surface area contributed by atoms with E-state index in [9.17, 15) is 9.59 Å². The molecule has 0 saturated heterocycles. The molecular weight excluding hydrogens is 476 g/mol. The first-order chi connectivity index (χ1) is 18.3. The maximum Gasteiger partial charge on any atom is 0.302 e. The van der Waals surface area contributed by atoms with E-state index in [1.807, 2.05) is 62.2 Å². The van der Waals surface area contributed by atoms with Crippen molar-refractivity contribution < 1.29 is 9.53 Å². The molecule has 0 bridgehead atoms. The van der Waals surface area contributed by atoms with Gasteiger partial charge in [0.05, 0.1) is 17.1 Å². The third-order valence-corrected chi connectivity index (χ3v) is 6.85. The van der Waals surface area contributed by atoms with Gasteiger partial charge in [-0.3, -0.25) is 19.6 Å². The average Bonchev–Trinajstić information content (AvgIpc) is 3.78. The molecule has 0 radical (unpaired) electrons. The summed E-state index contributed by atoms with van der Waals surface area (Å²) in [5.41, 5.74) is 3.98. The number of fused-ring (bicyclic) bond motifs is 1. The van der Waals surface area contributed by atoms with Gasteiger partial charge < -0.3 is 9.64 Å². The molecule has 1 saturated carbocycles. The van der Waals surface area contributed by atoms with Crippen LogP contribution in [0.2, 0.25) is 0 Å². The highest BCUT2D eigenvalue weighted by molar-refractivity contribution is 5.99. The van der Waals surface area contributed by atoms with Crippen LogP contribution in [0.1, 0.15) is 62.9 Å². The number of nitrogens with zero attached hydrogens (tertiary/aromatic N) is 3. The van der Waals surface area contributed by atoms with Crippen molar-refractivity contribution in [1.82, 2.24) is 15.0 Å². The number of aryl methyl sites for hydroxylation is 1. The Labute approximate surface area is 223 Å². The molecular formula is C31H36N4O3. The molecule has 0 atom stereocenters. The summed E-state index contributed by atoms with van der Waals surface area (Å²) in [6.07, 6.45) is 8.30. The van der Waals surface area contributed by atoms with Crippen LogP contribution < -0.4 is 15.2 Å². The second kappa shape index (κ2) is 12.0. The van der Waals surface area contributed by atoms with Gasteiger partial charge in [-0.05, 0) is 66.4 Å². The first kappa shape index (κ1) is 27.0. The molecule has 1 aliphatic rings. The van der Waals surface area contributed by atoms with Gasteiger partial charge in [0.15, 0.2) is 5.78 Å². The maximum atomic E-state index is 12.5. The Kier molecular flexibility index (Phi) is 8.56. The Morgan fingerprint density at radius 2 is 1.79 bits per heavy atom. The third kappa shape index (κ3) is 6.46. The highest BCUT2D eigenvalue weighted by atomic mass is 16.5. The van der Waals surface area contributed by atoms with Gasteiger partial charge >= 0.3 is 6.01 Å². The predicted molar refractivity (Wildman–Crippen MR) is 153 cm³/mol. The SMILES string of the molecule is CCC1CC1.CCc1cc(N(C)c2ccc(Oc3nc4cnccc4c(=O)[nH]3)cc2)ccc1C(=O)C(C)C. The lowest BCUT2D eigenvalue weighted by Crippen LogP contribution is -2.13. The molecule has 7 heteroatoms. The second-order valence-electron chi connectivity index (χ2n) is 9.98. The third-order valence-electron chi connectivity index (χ3n) is 6.85. The number of ketones is 1. The Balaban J connectivity index is 0.000000603. The summed E-state index contributed by atoms with van der Waals surface area (Å²) in [6.45, 7) is 8.16. The molecule has 2 aromatic carbocycles. The van der Waals surface area contributed by atoms with Gasteiger partial charge in [-0.15, -0.1) is 0 Å². The number of pyridine rings is 1. The van der Waals surface area contributed by atoms with Crippen LogP contribution in [0, 0.1) is 11.8 Å². The second-order valence-corrected chi connectivity index (χ2v) is 9.98. The van der Waals surface area contributed by atoms with E-state index in [2.05, 4.69) is 34.9 Å². The van der Waals surface area contributed by atoms with Crippen LogP contribution in [-0.4, -0.2) is 27.8 Å². The smallest absolute Gasteiger partial charge is 0.302 e. The zero-order valence-electron chi connectivity index (χ0n) is 22.8. The van der Waals surface area contributed by atoms with Crippen molar-refractivity contribution >= 4 is 28.1 Å². The van der Waals surface area contributed by atoms with Gasteiger partial charge in [0.1, 0.15) is 5.75 Å². The zero-order valence-corrected chi connectivity index (χ0v) is 22.8. The van der Waals surface area contributed by atoms with Crippen molar-refractivity contribution in [3.8, 4) is 11.8 Å². The Morgan fingerprint density at radius 1 is 1.08 bits per heavy atom. The number of aromatic nitrogens is 3. The van der Waals surface area contributed by atoms with Crippen molar-refractivity contribution in [3.05, 3.63) is 82.4 Å². The number of carbonyl (C=O) groups is 1. The van der Waals surface area contributed by atoms with Crippen LogP contribution in [-0.2, 0) is 6.42 Å². The minimum Gasteiger partial charge on any atom is -0.426 e. The van der Waals surface area contributed by atoms with Crippen molar-refractivity contribution in [1.29, 1.82) is 0 Å². The molecule has 0 spiro atoms.